The van der Waals surface area contributed by atoms with E-state index in [1.165, 1.54) is 12.1 Å². The van der Waals surface area contributed by atoms with Crippen LogP contribution in [-0.4, -0.2) is 28.6 Å². The molecule has 5 heteroatoms. The van der Waals surface area contributed by atoms with Crippen LogP contribution in [0.5, 0.6) is 0 Å². The van der Waals surface area contributed by atoms with Crippen LogP contribution in [0.1, 0.15) is 25.3 Å². The topological polar surface area (TPSA) is 40.5 Å². The SMILES string of the molecule is CC1CCC(C(=O)O)CN1Cc1cc(F)cc(Cl)c1. The minimum absolute atomic E-state index is 0.303. The molecule has 1 fully saturated rings. The first-order valence-electron chi connectivity index (χ1n) is 6.37. The Hall–Kier alpha value is -1.13. The van der Waals surface area contributed by atoms with Crippen LogP contribution in [0.15, 0.2) is 18.2 Å². The number of nitrogens with zero attached hydrogens (tertiary/aromatic N) is 1. The highest BCUT2D eigenvalue weighted by molar-refractivity contribution is 6.30. The van der Waals surface area contributed by atoms with Crippen LogP contribution in [0.3, 0.4) is 0 Å². The second-order valence-electron chi connectivity index (χ2n) is 5.17. The molecule has 1 saturated heterocycles. The van der Waals surface area contributed by atoms with Crippen molar-refractivity contribution in [2.45, 2.75) is 32.4 Å². The van der Waals surface area contributed by atoms with Gasteiger partial charge in [-0.25, -0.2) is 4.39 Å². The first-order valence-corrected chi connectivity index (χ1v) is 6.75. The van der Waals surface area contributed by atoms with Gasteiger partial charge < -0.3 is 5.11 Å². The van der Waals surface area contributed by atoms with Crippen molar-refractivity contribution < 1.29 is 14.3 Å². The molecule has 1 aliphatic rings. The lowest BCUT2D eigenvalue weighted by atomic mass is 9.93. The maximum Gasteiger partial charge on any atom is 0.307 e. The molecule has 0 aromatic heterocycles. The average molecular weight is 286 g/mol. The Kier molecular flexibility index (Phi) is 4.42. The predicted octanol–water partition coefficient (Wildman–Crippen LogP) is 3.16. The predicted molar refractivity (Wildman–Crippen MR) is 71.6 cm³/mol. The van der Waals surface area contributed by atoms with E-state index in [1.807, 2.05) is 0 Å². The van der Waals surface area contributed by atoms with E-state index >= 15 is 0 Å². The van der Waals surface area contributed by atoms with Gasteiger partial charge >= 0.3 is 5.97 Å². The summed E-state index contributed by atoms with van der Waals surface area (Å²) in [4.78, 5) is 13.1. The molecule has 0 amide bonds. The number of piperidine rings is 1. The van der Waals surface area contributed by atoms with Crippen molar-refractivity contribution >= 4 is 17.6 Å². The quantitative estimate of drug-likeness (QED) is 0.927. The molecular weight excluding hydrogens is 269 g/mol. The fourth-order valence-electron chi connectivity index (χ4n) is 2.54. The zero-order valence-electron chi connectivity index (χ0n) is 10.8. The third-order valence-corrected chi connectivity index (χ3v) is 3.89. The van der Waals surface area contributed by atoms with E-state index in [-0.39, 0.29) is 11.7 Å². The number of hydrogen-bond acceptors (Lipinski definition) is 2. The molecule has 0 bridgehead atoms. The van der Waals surface area contributed by atoms with E-state index in [9.17, 15) is 9.18 Å². The molecule has 0 aliphatic carbocycles. The maximum atomic E-state index is 13.3. The van der Waals surface area contributed by atoms with Gasteiger partial charge in [-0.15, -0.1) is 0 Å². The van der Waals surface area contributed by atoms with Gasteiger partial charge in [0, 0.05) is 24.2 Å². The number of rotatable bonds is 3. The van der Waals surface area contributed by atoms with Crippen LogP contribution in [0, 0.1) is 11.7 Å². The van der Waals surface area contributed by atoms with Crippen molar-refractivity contribution in [2.75, 3.05) is 6.54 Å². The molecule has 1 heterocycles. The molecule has 2 unspecified atom stereocenters. The van der Waals surface area contributed by atoms with Crippen molar-refractivity contribution in [3.8, 4) is 0 Å². The lowest BCUT2D eigenvalue weighted by Gasteiger charge is -2.36. The van der Waals surface area contributed by atoms with Crippen molar-refractivity contribution in [3.05, 3.63) is 34.6 Å². The molecule has 3 nitrogen and oxygen atoms in total. The van der Waals surface area contributed by atoms with Crippen LogP contribution in [-0.2, 0) is 11.3 Å². The smallest absolute Gasteiger partial charge is 0.307 e. The summed E-state index contributed by atoms with van der Waals surface area (Å²) in [5, 5.41) is 9.46. The summed E-state index contributed by atoms with van der Waals surface area (Å²) >= 11 is 5.83. The van der Waals surface area contributed by atoms with Crippen LogP contribution < -0.4 is 0 Å². The minimum atomic E-state index is -0.755. The second-order valence-corrected chi connectivity index (χ2v) is 5.61. The Morgan fingerprint density at radius 3 is 2.84 bits per heavy atom. The Bertz CT molecular complexity index is 460. The Morgan fingerprint density at radius 1 is 1.47 bits per heavy atom. The molecular formula is C14H17ClFNO2. The highest BCUT2D eigenvalue weighted by Gasteiger charge is 2.29. The summed E-state index contributed by atoms with van der Waals surface area (Å²) in [7, 11) is 0. The number of carboxylic acid groups (broad SMARTS) is 1. The first-order chi connectivity index (χ1) is 8.95. The number of benzene rings is 1. The first kappa shape index (κ1) is 14.3. The van der Waals surface area contributed by atoms with Gasteiger partial charge in [0.05, 0.1) is 5.92 Å². The van der Waals surface area contributed by atoms with Gasteiger partial charge in [0.25, 0.3) is 0 Å². The minimum Gasteiger partial charge on any atom is -0.481 e. The monoisotopic (exact) mass is 285 g/mol. The van der Waals surface area contributed by atoms with Crippen molar-refractivity contribution in [1.82, 2.24) is 4.90 Å². The normalized spacial score (nSPS) is 24.4. The zero-order valence-corrected chi connectivity index (χ0v) is 11.5. The maximum absolute atomic E-state index is 13.3. The van der Waals surface area contributed by atoms with Crippen LogP contribution >= 0.6 is 11.6 Å². The third-order valence-electron chi connectivity index (χ3n) is 3.67. The highest BCUT2D eigenvalue weighted by atomic mass is 35.5. The van der Waals surface area contributed by atoms with Gasteiger partial charge in [-0.05, 0) is 43.5 Å². The van der Waals surface area contributed by atoms with Crippen molar-refractivity contribution in [1.29, 1.82) is 0 Å². The molecule has 1 aliphatic heterocycles. The molecule has 104 valence electrons. The lowest BCUT2D eigenvalue weighted by molar-refractivity contribution is -0.144. The molecule has 2 rings (SSSR count). The fraction of sp³-hybridized carbons (Fsp3) is 0.500. The van der Waals surface area contributed by atoms with Gasteiger partial charge in [-0.1, -0.05) is 11.6 Å². The standard InChI is InChI=1S/C14H17ClFNO2/c1-9-2-3-11(14(18)19)8-17(9)7-10-4-12(15)6-13(16)5-10/h4-6,9,11H,2-3,7-8H2,1H3,(H,18,19). The number of hydrogen-bond donors (Lipinski definition) is 1. The molecule has 0 radical (unpaired) electrons. The molecule has 0 spiro atoms. The summed E-state index contributed by atoms with van der Waals surface area (Å²) in [6.45, 7) is 3.10. The zero-order chi connectivity index (χ0) is 14.0. The molecule has 19 heavy (non-hydrogen) atoms. The van der Waals surface area contributed by atoms with Gasteiger partial charge in [-0.3, -0.25) is 9.69 Å². The number of aliphatic carboxylic acids is 1. The number of carbonyl (C=O) groups is 1. The number of halogens is 2. The fourth-order valence-corrected chi connectivity index (χ4v) is 2.78. The summed E-state index contributed by atoms with van der Waals surface area (Å²) < 4.78 is 13.3. The Morgan fingerprint density at radius 2 is 2.21 bits per heavy atom. The second kappa shape index (κ2) is 5.88. The van der Waals surface area contributed by atoms with E-state index in [0.29, 0.717) is 30.6 Å². The van der Waals surface area contributed by atoms with E-state index in [1.54, 1.807) is 6.07 Å². The van der Waals surface area contributed by atoms with Crippen LogP contribution in [0.2, 0.25) is 5.02 Å². The summed E-state index contributed by atoms with van der Waals surface area (Å²) in [6, 6.07) is 4.74. The lowest BCUT2D eigenvalue weighted by Crippen LogP contribution is -2.43. The third kappa shape index (κ3) is 3.67. The molecule has 1 aromatic rings. The van der Waals surface area contributed by atoms with Crippen LogP contribution in [0.25, 0.3) is 0 Å². The molecule has 2 atom stereocenters. The van der Waals surface area contributed by atoms with Gasteiger partial charge in [-0.2, -0.15) is 0 Å². The van der Waals surface area contributed by atoms with Gasteiger partial charge in [0.15, 0.2) is 0 Å². The summed E-state index contributed by atoms with van der Waals surface area (Å²) in [5.41, 5.74) is 0.780. The van der Waals surface area contributed by atoms with Crippen LogP contribution in [0.4, 0.5) is 4.39 Å². The van der Waals surface area contributed by atoms with Gasteiger partial charge in [0.1, 0.15) is 5.82 Å². The Labute approximate surface area is 117 Å². The van der Waals surface area contributed by atoms with E-state index in [4.69, 9.17) is 16.7 Å². The summed E-state index contributed by atoms with van der Waals surface area (Å²) in [6.07, 6.45) is 1.55. The number of likely N-dealkylation sites (tertiary alicyclic amines) is 1. The van der Waals surface area contributed by atoms with E-state index in [0.717, 1.165) is 12.0 Å². The van der Waals surface area contributed by atoms with E-state index in [2.05, 4.69) is 11.8 Å². The van der Waals surface area contributed by atoms with E-state index < -0.39 is 5.97 Å². The van der Waals surface area contributed by atoms with Gasteiger partial charge in [0.2, 0.25) is 0 Å². The molecule has 0 saturated carbocycles. The molecule has 1 N–H and O–H groups in total. The highest BCUT2D eigenvalue weighted by Crippen LogP contribution is 2.25. The largest absolute Gasteiger partial charge is 0.481 e. The van der Waals surface area contributed by atoms with Crippen molar-refractivity contribution in [3.63, 3.8) is 0 Å². The molecule has 1 aromatic carbocycles. The average Bonchev–Trinajstić information content (AvgIpc) is 2.30. The number of carboxylic acids is 1. The Balaban J connectivity index is 2.09. The summed E-state index contributed by atoms with van der Waals surface area (Å²) in [5.74, 6) is -1.45. The van der Waals surface area contributed by atoms with Crippen molar-refractivity contribution in [2.24, 2.45) is 5.92 Å².